The van der Waals surface area contributed by atoms with Gasteiger partial charge in [0.25, 0.3) is 5.91 Å². The van der Waals surface area contributed by atoms with Crippen LogP contribution in [0.5, 0.6) is 5.75 Å². The van der Waals surface area contributed by atoms with E-state index in [0.29, 0.717) is 15.8 Å². The van der Waals surface area contributed by atoms with Crippen molar-refractivity contribution in [3.05, 3.63) is 96.4 Å². The Hall–Kier alpha value is -3.02. The van der Waals surface area contributed by atoms with Gasteiger partial charge in [-0.1, -0.05) is 53.0 Å². The number of aromatic carboxylic acids is 1. The summed E-state index contributed by atoms with van der Waals surface area (Å²) in [4.78, 5) is 23.5. The Morgan fingerprint density at radius 2 is 1.79 bits per heavy atom. The highest BCUT2D eigenvalue weighted by atomic mass is 79.9. The van der Waals surface area contributed by atoms with Crippen molar-refractivity contribution < 1.29 is 19.4 Å². The summed E-state index contributed by atoms with van der Waals surface area (Å²) in [6, 6.07) is 16.1. The van der Waals surface area contributed by atoms with Crippen LogP contribution in [0.25, 0.3) is 6.08 Å². The maximum absolute atomic E-state index is 12.6. The van der Waals surface area contributed by atoms with Crippen LogP contribution < -0.4 is 10.1 Å². The maximum Gasteiger partial charge on any atom is 0.335 e. The Morgan fingerprint density at radius 3 is 2.41 bits per heavy atom. The van der Waals surface area contributed by atoms with Crippen molar-refractivity contribution in [2.75, 3.05) is 5.32 Å². The monoisotopic (exact) mass is 578 g/mol. The first-order valence-electron chi connectivity index (χ1n) is 9.51. The third kappa shape index (κ3) is 6.31. The molecule has 0 spiro atoms. The lowest BCUT2D eigenvalue weighted by Crippen LogP contribution is -2.13. The quantitative estimate of drug-likeness (QED) is 0.227. The third-order valence-corrected chi connectivity index (χ3v) is 6.17. The average Bonchev–Trinajstić information content (AvgIpc) is 2.80. The van der Waals surface area contributed by atoms with Gasteiger partial charge >= 0.3 is 5.97 Å². The summed E-state index contributed by atoms with van der Waals surface area (Å²) in [7, 11) is 0. The molecule has 10 heteroatoms. The summed E-state index contributed by atoms with van der Waals surface area (Å²) < 4.78 is 6.28. The number of nitrogens with zero attached hydrogens (tertiary/aromatic N) is 1. The highest BCUT2D eigenvalue weighted by Gasteiger charge is 2.15. The normalized spacial score (nSPS) is 11.0. The van der Waals surface area contributed by atoms with Crippen molar-refractivity contribution >= 4 is 74.4 Å². The number of ether oxygens (including phenoxy) is 1. The zero-order chi connectivity index (χ0) is 24.8. The van der Waals surface area contributed by atoms with Gasteiger partial charge in [-0.25, -0.2) is 4.79 Å². The minimum Gasteiger partial charge on any atom is -0.486 e. The lowest BCUT2D eigenvalue weighted by Gasteiger charge is -2.12. The number of amides is 1. The van der Waals surface area contributed by atoms with E-state index in [1.54, 1.807) is 42.5 Å². The molecule has 0 bridgehead atoms. The molecule has 6 nitrogen and oxygen atoms in total. The predicted molar refractivity (Wildman–Crippen MR) is 136 cm³/mol. The fraction of sp³-hybridized carbons (Fsp3) is 0.0417. The van der Waals surface area contributed by atoms with Crippen LogP contribution in [-0.2, 0) is 11.4 Å². The fourth-order valence-electron chi connectivity index (χ4n) is 2.81. The van der Waals surface area contributed by atoms with Crippen LogP contribution >= 0.6 is 50.7 Å². The number of hydrogen-bond donors (Lipinski definition) is 2. The molecule has 172 valence electrons. The number of carbonyl (C=O) groups is 2. The molecule has 0 radical (unpaired) electrons. The molecule has 0 saturated carbocycles. The Balaban J connectivity index is 1.76. The van der Waals surface area contributed by atoms with Gasteiger partial charge in [0.1, 0.15) is 18.2 Å². The van der Waals surface area contributed by atoms with Crippen molar-refractivity contribution in [1.29, 1.82) is 5.26 Å². The van der Waals surface area contributed by atoms with Gasteiger partial charge in [0, 0.05) is 0 Å². The molecular formula is C24H14BrCl3N2O4. The van der Waals surface area contributed by atoms with Crippen molar-refractivity contribution in [1.82, 2.24) is 0 Å². The van der Waals surface area contributed by atoms with Crippen LogP contribution in [0.2, 0.25) is 15.1 Å². The van der Waals surface area contributed by atoms with Gasteiger partial charge in [-0.05, 0) is 69.5 Å². The number of benzene rings is 3. The van der Waals surface area contributed by atoms with Crippen LogP contribution in [-0.4, -0.2) is 17.0 Å². The van der Waals surface area contributed by atoms with E-state index in [0.717, 1.165) is 5.56 Å². The zero-order valence-corrected chi connectivity index (χ0v) is 21.0. The van der Waals surface area contributed by atoms with E-state index >= 15 is 0 Å². The van der Waals surface area contributed by atoms with E-state index in [-0.39, 0.29) is 38.5 Å². The summed E-state index contributed by atoms with van der Waals surface area (Å²) in [6.07, 6.45) is 1.37. The SMILES string of the molecule is N#C/C(=C/c1cc(Cl)c(OCc2ccc(C(=O)O)cc2)c(Br)c1)C(=O)Nc1cccc(Cl)c1Cl. The Bertz CT molecular complexity index is 1310. The Kier molecular flexibility index (Phi) is 8.59. The molecule has 3 rings (SSSR count). The molecule has 3 aromatic carbocycles. The van der Waals surface area contributed by atoms with Crippen molar-refractivity contribution in [2.24, 2.45) is 0 Å². The second-order valence-electron chi connectivity index (χ2n) is 6.83. The minimum atomic E-state index is -1.01. The Labute approximate surface area is 218 Å². The fourth-order valence-corrected chi connectivity index (χ4v) is 4.14. The molecule has 2 N–H and O–H groups in total. The number of anilines is 1. The van der Waals surface area contributed by atoms with Crippen LogP contribution in [0.15, 0.2) is 64.6 Å². The average molecular weight is 581 g/mol. The second kappa shape index (κ2) is 11.4. The van der Waals surface area contributed by atoms with Crippen LogP contribution in [0.3, 0.4) is 0 Å². The first-order chi connectivity index (χ1) is 16.2. The molecule has 34 heavy (non-hydrogen) atoms. The van der Waals surface area contributed by atoms with Gasteiger partial charge in [0.15, 0.2) is 5.75 Å². The number of carbonyl (C=O) groups excluding carboxylic acids is 1. The van der Waals surface area contributed by atoms with Gasteiger partial charge in [-0.3, -0.25) is 4.79 Å². The molecule has 0 aromatic heterocycles. The second-order valence-corrected chi connectivity index (χ2v) is 8.88. The van der Waals surface area contributed by atoms with Crippen molar-refractivity contribution in [2.45, 2.75) is 6.61 Å². The molecule has 0 aliphatic carbocycles. The molecule has 3 aromatic rings. The maximum atomic E-state index is 12.6. The number of rotatable bonds is 7. The van der Waals surface area contributed by atoms with Crippen molar-refractivity contribution in [3.63, 3.8) is 0 Å². The predicted octanol–water partition coefficient (Wildman–Crippen LogP) is 7.23. The third-order valence-electron chi connectivity index (χ3n) is 4.48. The van der Waals surface area contributed by atoms with Crippen molar-refractivity contribution in [3.8, 4) is 11.8 Å². The highest BCUT2D eigenvalue weighted by molar-refractivity contribution is 9.10. The minimum absolute atomic E-state index is 0.152. The molecule has 0 aliphatic heterocycles. The summed E-state index contributed by atoms with van der Waals surface area (Å²) in [6.45, 7) is 0.152. The molecule has 0 atom stereocenters. The van der Waals surface area contributed by atoms with E-state index < -0.39 is 11.9 Å². The largest absolute Gasteiger partial charge is 0.486 e. The van der Waals surface area contributed by atoms with Gasteiger partial charge in [0.05, 0.1) is 30.8 Å². The highest BCUT2D eigenvalue weighted by Crippen LogP contribution is 2.36. The summed E-state index contributed by atoms with van der Waals surface area (Å²) in [5, 5.41) is 21.7. The van der Waals surface area contributed by atoms with E-state index in [2.05, 4.69) is 21.2 Å². The lowest BCUT2D eigenvalue weighted by atomic mass is 10.1. The number of carboxylic acid groups (broad SMARTS) is 1. The van der Waals surface area contributed by atoms with Crippen LogP contribution in [0.1, 0.15) is 21.5 Å². The van der Waals surface area contributed by atoms with E-state index in [1.807, 2.05) is 6.07 Å². The summed E-state index contributed by atoms with van der Waals surface area (Å²) in [5.74, 6) is -1.32. The molecule has 0 unspecified atom stereocenters. The van der Waals surface area contributed by atoms with Crippen LogP contribution in [0, 0.1) is 11.3 Å². The van der Waals surface area contributed by atoms with Gasteiger partial charge in [-0.15, -0.1) is 0 Å². The Morgan fingerprint density at radius 1 is 1.09 bits per heavy atom. The molecule has 0 fully saturated rings. The van der Waals surface area contributed by atoms with Gasteiger partial charge < -0.3 is 15.2 Å². The van der Waals surface area contributed by atoms with Gasteiger partial charge in [0.2, 0.25) is 0 Å². The first-order valence-corrected chi connectivity index (χ1v) is 11.4. The molecule has 0 saturated heterocycles. The number of halogens is 4. The summed E-state index contributed by atoms with van der Waals surface area (Å²) >= 11 is 21.8. The topological polar surface area (TPSA) is 99.4 Å². The van der Waals surface area contributed by atoms with Crippen LogP contribution in [0.4, 0.5) is 5.69 Å². The number of carboxylic acids is 1. The standard InChI is InChI=1S/C24H14BrCl3N2O4/c25-17-9-14(8-16(11-29)23(31)30-20-3-1-2-18(26)21(20)28)10-19(27)22(17)34-12-13-4-6-15(7-5-13)24(32)33/h1-10H,12H2,(H,30,31)(H,32,33)/b16-8-. The first kappa shape index (κ1) is 25.6. The smallest absolute Gasteiger partial charge is 0.335 e. The summed E-state index contributed by atoms with van der Waals surface area (Å²) in [5.41, 5.74) is 1.51. The molecule has 0 heterocycles. The van der Waals surface area contributed by atoms with Gasteiger partial charge in [-0.2, -0.15) is 5.26 Å². The van der Waals surface area contributed by atoms with E-state index in [1.165, 1.54) is 18.2 Å². The number of nitrogens with one attached hydrogen (secondary N) is 1. The number of nitriles is 1. The lowest BCUT2D eigenvalue weighted by molar-refractivity contribution is -0.112. The molecule has 0 aliphatic rings. The zero-order valence-electron chi connectivity index (χ0n) is 17.1. The van der Waals surface area contributed by atoms with E-state index in [4.69, 9.17) is 44.6 Å². The number of hydrogen-bond acceptors (Lipinski definition) is 4. The molecule has 1 amide bonds. The van der Waals surface area contributed by atoms with E-state index in [9.17, 15) is 14.9 Å². The molecular weight excluding hydrogens is 567 g/mol.